The van der Waals surface area contributed by atoms with Crippen molar-refractivity contribution >= 4 is 0 Å². The van der Waals surface area contributed by atoms with Crippen LogP contribution >= 0.6 is 0 Å². The molecule has 1 aliphatic heterocycles. The van der Waals surface area contributed by atoms with Gasteiger partial charge in [0.25, 0.3) is 0 Å². The van der Waals surface area contributed by atoms with Gasteiger partial charge in [-0.1, -0.05) is 0 Å². The summed E-state index contributed by atoms with van der Waals surface area (Å²) in [4.78, 5) is 2.54. The molecule has 1 aliphatic rings. The van der Waals surface area contributed by atoms with Crippen LogP contribution in [0.15, 0.2) is 0 Å². The maximum atomic E-state index is 4.12. The number of hydrogen-bond donors (Lipinski definition) is 1. The quantitative estimate of drug-likeness (QED) is 0.545. The van der Waals surface area contributed by atoms with Crippen LogP contribution in [0.3, 0.4) is 0 Å². The highest BCUT2D eigenvalue weighted by Crippen LogP contribution is 2.18. The molecule has 1 fully saturated rings. The summed E-state index contributed by atoms with van der Waals surface area (Å²) in [5.74, 6) is 0. The van der Waals surface area contributed by atoms with Gasteiger partial charge in [-0.25, -0.2) is 0 Å². The zero-order chi connectivity index (χ0) is 8.48. The molecule has 0 amide bonds. The zero-order valence-corrected chi connectivity index (χ0v) is 8.06. The van der Waals surface area contributed by atoms with Gasteiger partial charge < -0.3 is 5.73 Å². The molecule has 0 aliphatic carbocycles. The lowest BCUT2D eigenvalue weighted by Crippen LogP contribution is -2.68. The van der Waals surface area contributed by atoms with E-state index in [4.69, 9.17) is 0 Å². The molecule has 1 unspecified atom stereocenters. The molecular weight excluding hydrogens is 136 g/mol. The largest absolute Gasteiger partial charge is 0.354 e. The van der Waals surface area contributed by atoms with E-state index in [0.29, 0.717) is 11.6 Å². The predicted molar refractivity (Wildman–Crippen MR) is 47.2 cm³/mol. The number of hydrogen-bond acceptors (Lipinski definition) is 1. The lowest BCUT2D eigenvalue weighted by molar-refractivity contribution is -0.428. The highest BCUT2D eigenvalue weighted by Gasteiger charge is 2.27. The van der Waals surface area contributed by atoms with Crippen LogP contribution in [-0.4, -0.2) is 29.6 Å². The third kappa shape index (κ3) is 2.46. The van der Waals surface area contributed by atoms with E-state index in [9.17, 15) is 0 Å². The van der Waals surface area contributed by atoms with Crippen molar-refractivity contribution in [1.82, 2.24) is 4.90 Å². The van der Waals surface area contributed by atoms with Crippen molar-refractivity contribution in [2.24, 2.45) is 0 Å². The average Bonchev–Trinajstić information content (AvgIpc) is 1.86. The van der Waals surface area contributed by atoms with Crippen LogP contribution in [0.25, 0.3) is 0 Å². The van der Waals surface area contributed by atoms with Crippen LogP contribution in [0.5, 0.6) is 0 Å². The molecule has 1 rings (SSSR count). The Kier molecular flexibility index (Phi) is 2.55. The Morgan fingerprint density at radius 1 is 1.36 bits per heavy atom. The first-order chi connectivity index (χ1) is 5.00. The maximum absolute atomic E-state index is 4.12. The van der Waals surface area contributed by atoms with Gasteiger partial charge in [-0.15, -0.1) is 0 Å². The maximum Gasteiger partial charge on any atom is 0.0973 e. The SMILES string of the molecule is CC(C)(C)N1CCCC([NH3+])C1. The molecule has 3 N–H and O–H groups in total. The van der Waals surface area contributed by atoms with Crippen molar-refractivity contribution < 1.29 is 5.73 Å². The lowest BCUT2D eigenvalue weighted by atomic mass is 9.99. The Morgan fingerprint density at radius 3 is 2.36 bits per heavy atom. The highest BCUT2D eigenvalue weighted by molar-refractivity contribution is 4.81. The number of piperidine rings is 1. The fraction of sp³-hybridized carbons (Fsp3) is 1.00. The van der Waals surface area contributed by atoms with E-state index in [1.807, 2.05) is 0 Å². The van der Waals surface area contributed by atoms with Crippen LogP contribution in [0.2, 0.25) is 0 Å². The van der Waals surface area contributed by atoms with Crippen molar-refractivity contribution in [3.05, 3.63) is 0 Å². The average molecular weight is 157 g/mol. The van der Waals surface area contributed by atoms with Gasteiger partial charge >= 0.3 is 0 Å². The fourth-order valence-corrected chi connectivity index (χ4v) is 1.67. The molecule has 1 atom stereocenters. The van der Waals surface area contributed by atoms with Gasteiger partial charge in [0.1, 0.15) is 0 Å². The zero-order valence-electron chi connectivity index (χ0n) is 8.06. The fourth-order valence-electron chi connectivity index (χ4n) is 1.67. The van der Waals surface area contributed by atoms with E-state index in [1.54, 1.807) is 0 Å². The summed E-state index contributed by atoms with van der Waals surface area (Å²) in [5.41, 5.74) is 4.46. The van der Waals surface area contributed by atoms with Crippen LogP contribution in [-0.2, 0) is 0 Å². The molecule has 0 aromatic rings. The lowest BCUT2D eigenvalue weighted by Gasteiger charge is -2.39. The van der Waals surface area contributed by atoms with E-state index in [0.717, 1.165) is 0 Å². The summed E-state index contributed by atoms with van der Waals surface area (Å²) in [6.07, 6.45) is 2.64. The first-order valence-corrected chi connectivity index (χ1v) is 4.58. The molecule has 0 bridgehead atoms. The van der Waals surface area contributed by atoms with E-state index in [-0.39, 0.29) is 0 Å². The van der Waals surface area contributed by atoms with Gasteiger partial charge in [-0.05, 0) is 33.7 Å². The van der Waals surface area contributed by atoms with Crippen LogP contribution in [0, 0.1) is 0 Å². The second kappa shape index (κ2) is 3.11. The molecule has 1 saturated heterocycles. The predicted octanol–water partition coefficient (Wildman–Crippen LogP) is 0.491. The number of quaternary nitrogens is 1. The minimum Gasteiger partial charge on any atom is -0.354 e. The summed E-state index contributed by atoms with van der Waals surface area (Å²) >= 11 is 0. The van der Waals surface area contributed by atoms with E-state index in [1.165, 1.54) is 25.9 Å². The van der Waals surface area contributed by atoms with Crippen molar-refractivity contribution in [2.75, 3.05) is 13.1 Å². The third-order valence-corrected chi connectivity index (χ3v) is 2.47. The van der Waals surface area contributed by atoms with Crippen LogP contribution in [0.1, 0.15) is 33.6 Å². The summed E-state index contributed by atoms with van der Waals surface area (Å²) in [6, 6.07) is 0.656. The smallest absolute Gasteiger partial charge is 0.0973 e. The highest BCUT2D eigenvalue weighted by atomic mass is 15.2. The Labute approximate surface area is 69.8 Å². The Morgan fingerprint density at radius 2 is 2.00 bits per heavy atom. The summed E-state index contributed by atoms with van der Waals surface area (Å²) in [5, 5.41) is 0. The molecule has 0 spiro atoms. The minimum atomic E-state index is 0.344. The first kappa shape index (κ1) is 9.01. The molecule has 1 heterocycles. The number of rotatable bonds is 0. The molecule has 0 radical (unpaired) electrons. The number of nitrogens with zero attached hydrogens (tertiary/aromatic N) is 1. The first-order valence-electron chi connectivity index (χ1n) is 4.58. The van der Waals surface area contributed by atoms with E-state index >= 15 is 0 Å². The molecule has 66 valence electrons. The van der Waals surface area contributed by atoms with Gasteiger partial charge in [-0.3, -0.25) is 4.90 Å². The van der Waals surface area contributed by atoms with Crippen LogP contribution < -0.4 is 5.73 Å². The van der Waals surface area contributed by atoms with Crippen molar-refractivity contribution in [3.63, 3.8) is 0 Å². The summed E-state index contributed by atoms with van der Waals surface area (Å²) in [6.45, 7) is 9.29. The van der Waals surface area contributed by atoms with Gasteiger partial charge in [0.2, 0.25) is 0 Å². The van der Waals surface area contributed by atoms with Crippen molar-refractivity contribution in [1.29, 1.82) is 0 Å². The van der Waals surface area contributed by atoms with Gasteiger partial charge in [0.15, 0.2) is 0 Å². The van der Waals surface area contributed by atoms with Crippen molar-refractivity contribution in [3.8, 4) is 0 Å². The summed E-state index contributed by atoms with van der Waals surface area (Å²) in [7, 11) is 0. The van der Waals surface area contributed by atoms with E-state index < -0.39 is 0 Å². The van der Waals surface area contributed by atoms with Crippen molar-refractivity contribution in [2.45, 2.75) is 45.2 Å². The topological polar surface area (TPSA) is 30.9 Å². The number of likely N-dealkylation sites (tertiary alicyclic amines) is 1. The van der Waals surface area contributed by atoms with E-state index in [2.05, 4.69) is 31.4 Å². The Balaban J connectivity index is 2.46. The standard InChI is InChI=1S/C9H20N2/c1-9(2,3)11-6-4-5-8(10)7-11/h8H,4-7,10H2,1-3H3/p+1. The molecule has 0 saturated carbocycles. The minimum absolute atomic E-state index is 0.344. The third-order valence-electron chi connectivity index (χ3n) is 2.47. The monoisotopic (exact) mass is 157 g/mol. The van der Waals surface area contributed by atoms with Crippen LogP contribution in [0.4, 0.5) is 0 Å². The second-order valence-electron chi connectivity index (χ2n) is 4.63. The summed E-state index contributed by atoms with van der Waals surface area (Å²) < 4.78 is 0. The Hall–Kier alpha value is -0.0800. The molecule has 2 heteroatoms. The van der Waals surface area contributed by atoms with Gasteiger partial charge in [0, 0.05) is 12.0 Å². The second-order valence-corrected chi connectivity index (χ2v) is 4.63. The molecule has 0 aromatic heterocycles. The molecular formula is C9H21N2+. The Bertz CT molecular complexity index is 126. The van der Waals surface area contributed by atoms with Gasteiger partial charge in [-0.2, -0.15) is 0 Å². The molecule has 2 nitrogen and oxygen atoms in total. The van der Waals surface area contributed by atoms with Gasteiger partial charge in [0.05, 0.1) is 12.6 Å². The molecule has 11 heavy (non-hydrogen) atoms. The molecule has 0 aromatic carbocycles. The normalized spacial score (nSPS) is 28.9.